The average molecular weight is 247 g/mol. The van der Waals surface area contributed by atoms with Crippen molar-refractivity contribution in [3.05, 3.63) is 17.5 Å². The third-order valence-electron chi connectivity index (χ3n) is 4.51. The summed E-state index contributed by atoms with van der Waals surface area (Å²) in [6, 6.07) is 2.33. The van der Waals surface area contributed by atoms with E-state index in [4.69, 9.17) is 4.74 Å². The number of nitrogens with zero attached hydrogens (tertiary/aromatic N) is 3. The van der Waals surface area contributed by atoms with Gasteiger partial charge in [0.25, 0.3) is 0 Å². The lowest BCUT2D eigenvalue weighted by atomic mass is 9.69. The lowest BCUT2D eigenvalue weighted by Crippen LogP contribution is -2.37. The van der Waals surface area contributed by atoms with Crippen LogP contribution in [0.2, 0.25) is 0 Å². The number of rotatable bonds is 2. The maximum atomic E-state index is 10.6. The lowest BCUT2D eigenvalue weighted by molar-refractivity contribution is 0.00307. The summed E-state index contributed by atoms with van der Waals surface area (Å²) in [6.45, 7) is 1.91. The van der Waals surface area contributed by atoms with Gasteiger partial charge in [-0.15, -0.1) is 0 Å². The molecule has 2 aliphatic heterocycles. The zero-order valence-electron chi connectivity index (χ0n) is 10.6. The van der Waals surface area contributed by atoms with Gasteiger partial charge >= 0.3 is 0 Å². The van der Waals surface area contributed by atoms with E-state index in [9.17, 15) is 10.4 Å². The first-order valence-corrected chi connectivity index (χ1v) is 6.32. The Kier molecular flexibility index (Phi) is 2.47. The molecule has 0 radical (unpaired) electrons. The number of aliphatic hydroxyl groups excluding tert-OH is 1. The molecule has 2 bridgehead atoms. The molecule has 4 atom stereocenters. The smallest absolute Gasteiger partial charge is 0.116 e. The summed E-state index contributed by atoms with van der Waals surface area (Å²) in [5.74, 6) is 0. The number of fused-ring (bicyclic) bond motifs is 2. The summed E-state index contributed by atoms with van der Waals surface area (Å²) in [5.41, 5.74) is 0.853. The van der Waals surface area contributed by atoms with E-state index in [1.807, 2.05) is 14.0 Å². The number of aryl methyl sites for hydroxylation is 1. The van der Waals surface area contributed by atoms with Crippen molar-refractivity contribution < 1.29 is 9.84 Å². The third-order valence-corrected chi connectivity index (χ3v) is 4.51. The normalized spacial score (nSPS) is 35.7. The van der Waals surface area contributed by atoms with Crippen molar-refractivity contribution in [2.45, 2.75) is 44.5 Å². The summed E-state index contributed by atoms with van der Waals surface area (Å²) in [6.07, 6.45) is 3.35. The molecule has 0 spiro atoms. The van der Waals surface area contributed by atoms with Crippen molar-refractivity contribution in [2.75, 3.05) is 0 Å². The molecule has 0 saturated carbocycles. The second-order valence-corrected chi connectivity index (χ2v) is 5.39. The zero-order chi connectivity index (χ0) is 12.9. The molecule has 3 heterocycles. The highest BCUT2D eigenvalue weighted by atomic mass is 16.5. The predicted octanol–water partition coefficient (Wildman–Crippen LogP) is 1.22. The molecule has 3 rings (SSSR count). The first-order chi connectivity index (χ1) is 8.58. The van der Waals surface area contributed by atoms with Gasteiger partial charge in [0.15, 0.2) is 0 Å². The molecular weight excluding hydrogens is 230 g/mol. The second kappa shape index (κ2) is 3.81. The highest BCUT2D eigenvalue weighted by Gasteiger charge is 2.57. The molecule has 4 unspecified atom stereocenters. The standard InChI is InChI=1S/C13H17N3O2/c1-8-10(6-15-16(8)2)12(17)13(7-14)5-9-3-4-11(13)18-9/h6,9,11-12,17H,3-5H2,1-2H3. The van der Waals surface area contributed by atoms with E-state index in [-0.39, 0.29) is 12.2 Å². The Morgan fingerprint density at radius 2 is 2.44 bits per heavy atom. The highest BCUT2D eigenvalue weighted by Crippen LogP contribution is 2.54. The second-order valence-electron chi connectivity index (χ2n) is 5.39. The fourth-order valence-corrected chi connectivity index (χ4v) is 3.27. The van der Waals surface area contributed by atoms with Gasteiger partial charge in [0.1, 0.15) is 11.5 Å². The summed E-state index contributed by atoms with van der Waals surface area (Å²) in [4.78, 5) is 0. The molecule has 2 fully saturated rings. The van der Waals surface area contributed by atoms with Gasteiger partial charge in [-0.2, -0.15) is 10.4 Å². The van der Waals surface area contributed by atoms with Gasteiger partial charge in [-0.05, 0) is 26.2 Å². The van der Waals surface area contributed by atoms with Gasteiger partial charge in [0, 0.05) is 18.3 Å². The minimum Gasteiger partial charge on any atom is -0.387 e. The summed E-state index contributed by atoms with van der Waals surface area (Å²) < 4.78 is 7.48. The van der Waals surface area contributed by atoms with Crippen molar-refractivity contribution >= 4 is 0 Å². The Balaban J connectivity index is 1.99. The molecule has 1 aromatic heterocycles. The molecule has 5 nitrogen and oxygen atoms in total. The van der Waals surface area contributed by atoms with Crippen molar-refractivity contribution in [1.82, 2.24) is 9.78 Å². The fourth-order valence-electron chi connectivity index (χ4n) is 3.27. The molecule has 0 aliphatic carbocycles. The summed E-state index contributed by atoms with van der Waals surface area (Å²) in [5, 5.41) is 24.3. The number of aromatic nitrogens is 2. The Labute approximate surface area is 106 Å². The summed E-state index contributed by atoms with van der Waals surface area (Å²) >= 11 is 0. The van der Waals surface area contributed by atoms with E-state index in [0.717, 1.165) is 24.1 Å². The van der Waals surface area contributed by atoms with Crippen LogP contribution in [0.3, 0.4) is 0 Å². The number of ether oxygens (including phenoxy) is 1. The Morgan fingerprint density at radius 3 is 2.89 bits per heavy atom. The molecule has 1 N–H and O–H groups in total. The van der Waals surface area contributed by atoms with Gasteiger partial charge in [-0.3, -0.25) is 4.68 Å². The van der Waals surface area contributed by atoms with Crippen molar-refractivity contribution in [3.63, 3.8) is 0 Å². The van der Waals surface area contributed by atoms with E-state index in [2.05, 4.69) is 11.2 Å². The van der Waals surface area contributed by atoms with E-state index in [1.165, 1.54) is 0 Å². The average Bonchev–Trinajstić information content (AvgIpc) is 3.05. The van der Waals surface area contributed by atoms with Crippen molar-refractivity contribution in [2.24, 2.45) is 12.5 Å². The van der Waals surface area contributed by atoms with Crippen LogP contribution >= 0.6 is 0 Å². The van der Waals surface area contributed by atoms with Crippen LogP contribution < -0.4 is 0 Å². The van der Waals surface area contributed by atoms with Crippen molar-refractivity contribution in [1.29, 1.82) is 5.26 Å². The molecule has 18 heavy (non-hydrogen) atoms. The van der Waals surface area contributed by atoms with Gasteiger partial charge in [-0.25, -0.2) is 0 Å². The Bertz CT molecular complexity index is 519. The van der Waals surface area contributed by atoms with Crippen LogP contribution in [0.1, 0.15) is 36.6 Å². The van der Waals surface area contributed by atoms with E-state index in [1.54, 1.807) is 10.9 Å². The molecule has 2 aliphatic rings. The van der Waals surface area contributed by atoms with Crippen molar-refractivity contribution in [3.8, 4) is 6.07 Å². The van der Waals surface area contributed by atoms with E-state index >= 15 is 0 Å². The molecule has 96 valence electrons. The minimum absolute atomic E-state index is 0.137. The van der Waals surface area contributed by atoms with Crippen LogP contribution in [0.4, 0.5) is 0 Å². The third kappa shape index (κ3) is 1.36. The number of hydrogen-bond donors (Lipinski definition) is 1. The Hall–Kier alpha value is -1.38. The van der Waals surface area contributed by atoms with Crippen LogP contribution in [0, 0.1) is 23.7 Å². The van der Waals surface area contributed by atoms with Gasteiger partial charge in [0.2, 0.25) is 0 Å². The number of aliphatic hydroxyl groups is 1. The maximum Gasteiger partial charge on any atom is 0.116 e. The van der Waals surface area contributed by atoms with Crippen LogP contribution in [0.25, 0.3) is 0 Å². The number of nitriles is 1. The topological polar surface area (TPSA) is 71.1 Å². The van der Waals surface area contributed by atoms with Crippen LogP contribution in [0.15, 0.2) is 6.20 Å². The lowest BCUT2D eigenvalue weighted by Gasteiger charge is -2.32. The highest BCUT2D eigenvalue weighted by molar-refractivity contribution is 5.28. The van der Waals surface area contributed by atoms with Crippen LogP contribution in [-0.4, -0.2) is 27.1 Å². The van der Waals surface area contributed by atoms with Gasteiger partial charge in [0.05, 0.1) is 24.5 Å². The monoisotopic (exact) mass is 247 g/mol. The first kappa shape index (κ1) is 11.7. The molecular formula is C13H17N3O2. The molecule has 5 heteroatoms. The fraction of sp³-hybridized carbons (Fsp3) is 0.692. The maximum absolute atomic E-state index is 10.6. The molecule has 0 aromatic carbocycles. The van der Waals surface area contributed by atoms with Crippen LogP contribution in [0.5, 0.6) is 0 Å². The number of hydrogen-bond acceptors (Lipinski definition) is 4. The molecule has 2 saturated heterocycles. The largest absolute Gasteiger partial charge is 0.387 e. The molecule has 1 aromatic rings. The first-order valence-electron chi connectivity index (χ1n) is 6.32. The van der Waals surface area contributed by atoms with E-state index < -0.39 is 11.5 Å². The minimum atomic E-state index is -0.813. The quantitative estimate of drug-likeness (QED) is 0.853. The van der Waals surface area contributed by atoms with Gasteiger partial charge in [-0.1, -0.05) is 0 Å². The van der Waals surface area contributed by atoms with E-state index in [0.29, 0.717) is 6.42 Å². The zero-order valence-corrected chi connectivity index (χ0v) is 10.6. The predicted molar refractivity (Wildman–Crippen MR) is 63.5 cm³/mol. The SMILES string of the molecule is Cc1c(C(O)C2(C#N)CC3CCC2O3)cnn1C. The Morgan fingerprint density at radius 1 is 1.67 bits per heavy atom. The molecule has 0 amide bonds. The van der Waals surface area contributed by atoms with Gasteiger partial charge < -0.3 is 9.84 Å². The van der Waals surface area contributed by atoms with Crippen LogP contribution in [-0.2, 0) is 11.8 Å². The summed E-state index contributed by atoms with van der Waals surface area (Å²) in [7, 11) is 1.84.